The summed E-state index contributed by atoms with van der Waals surface area (Å²) in [5, 5.41) is 8.67. The van der Waals surface area contributed by atoms with Crippen LogP contribution in [-0.2, 0) is 14.3 Å². The lowest BCUT2D eigenvalue weighted by Gasteiger charge is -2.06. The molecule has 6 nitrogen and oxygen atoms in total. The van der Waals surface area contributed by atoms with Crippen LogP contribution in [-0.4, -0.2) is 35.4 Å². The highest BCUT2D eigenvalue weighted by molar-refractivity contribution is 5.95. The predicted octanol–water partition coefficient (Wildman–Crippen LogP) is 2.46. The number of esters is 2. The van der Waals surface area contributed by atoms with E-state index in [9.17, 15) is 40.7 Å². The normalized spacial score (nSPS) is 11.1. The summed E-state index contributed by atoms with van der Waals surface area (Å²) < 4.78 is 69.7. The van der Waals surface area contributed by atoms with E-state index in [0.717, 1.165) is 0 Å². The summed E-state index contributed by atoms with van der Waals surface area (Å²) in [6, 6.07) is 5.04. The molecule has 0 aliphatic rings. The van der Waals surface area contributed by atoms with Crippen molar-refractivity contribution in [1.82, 2.24) is 0 Å². The van der Waals surface area contributed by atoms with E-state index in [1.54, 1.807) is 25.1 Å². The van der Waals surface area contributed by atoms with Gasteiger partial charge >= 0.3 is 30.3 Å². The first-order valence-corrected chi connectivity index (χ1v) is 5.66. The SMILES string of the molecule is Cc1cccc(N)c1C(=O)O.O=C(OC(=O)C(F)(F)F)C(F)(F)F. The highest BCUT2D eigenvalue weighted by Gasteiger charge is 2.49. The summed E-state index contributed by atoms with van der Waals surface area (Å²) in [7, 11) is 0. The lowest BCUT2D eigenvalue weighted by molar-refractivity contribution is -0.221. The Morgan fingerprint density at radius 3 is 1.67 bits per heavy atom. The van der Waals surface area contributed by atoms with Gasteiger partial charge in [0.05, 0.1) is 5.56 Å². The third-order valence-corrected chi connectivity index (χ3v) is 2.17. The van der Waals surface area contributed by atoms with Gasteiger partial charge in [-0.1, -0.05) is 12.1 Å². The molecule has 0 aromatic heterocycles. The van der Waals surface area contributed by atoms with Crippen LogP contribution >= 0.6 is 0 Å². The summed E-state index contributed by atoms with van der Waals surface area (Å²) >= 11 is 0. The van der Waals surface area contributed by atoms with Crippen LogP contribution in [0.1, 0.15) is 15.9 Å². The van der Waals surface area contributed by atoms with Gasteiger partial charge < -0.3 is 15.6 Å². The van der Waals surface area contributed by atoms with Gasteiger partial charge in [0, 0.05) is 5.69 Å². The fourth-order valence-electron chi connectivity index (χ4n) is 1.18. The highest BCUT2D eigenvalue weighted by atomic mass is 19.4. The van der Waals surface area contributed by atoms with Gasteiger partial charge in [-0.25, -0.2) is 14.4 Å². The van der Waals surface area contributed by atoms with E-state index >= 15 is 0 Å². The number of nitrogens with two attached hydrogens (primary N) is 1. The van der Waals surface area contributed by atoms with Crippen LogP contribution in [0.2, 0.25) is 0 Å². The van der Waals surface area contributed by atoms with E-state index in [-0.39, 0.29) is 5.56 Å². The van der Waals surface area contributed by atoms with Gasteiger partial charge in [0.25, 0.3) is 0 Å². The van der Waals surface area contributed by atoms with E-state index in [1.807, 2.05) is 0 Å². The van der Waals surface area contributed by atoms with E-state index in [1.165, 1.54) is 0 Å². The Kier molecular flexibility index (Phi) is 6.77. The van der Waals surface area contributed by atoms with Crippen molar-refractivity contribution < 1.29 is 50.6 Å². The molecule has 24 heavy (non-hydrogen) atoms. The number of anilines is 1. The van der Waals surface area contributed by atoms with Gasteiger partial charge in [-0.05, 0) is 18.6 Å². The Hall–Kier alpha value is -2.79. The molecule has 12 heteroatoms. The summed E-state index contributed by atoms with van der Waals surface area (Å²) in [5.74, 6) is -7.37. The number of hydrogen-bond acceptors (Lipinski definition) is 5. The molecule has 0 amide bonds. The van der Waals surface area contributed by atoms with Gasteiger partial charge in [-0.2, -0.15) is 26.3 Å². The van der Waals surface area contributed by atoms with Gasteiger partial charge in [-0.15, -0.1) is 0 Å². The van der Waals surface area contributed by atoms with Crippen molar-refractivity contribution in [2.45, 2.75) is 19.3 Å². The average Bonchev–Trinajstić information content (AvgIpc) is 2.36. The fraction of sp³-hybridized carbons (Fsp3) is 0.250. The van der Waals surface area contributed by atoms with Crippen molar-refractivity contribution in [2.24, 2.45) is 0 Å². The minimum absolute atomic E-state index is 0.201. The average molecular weight is 361 g/mol. The molecule has 0 spiro atoms. The van der Waals surface area contributed by atoms with E-state index in [2.05, 4.69) is 4.74 Å². The second-order valence-corrected chi connectivity index (χ2v) is 4.02. The van der Waals surface area contributed by atoms with Crippen molar-refractivity contribution in [2.75, 3.05) is 5.73 Å². The highest BCUT2D eigenvalue weighted by Crippen LogP contribution is 2.21. The molecule has 0 bridgehead atoms. The molecule has 0 aliphatic heterocycles. The lowest BCUT2D eigenvalue weighted by atomic mass is 10.1. The van der Waals surface area contributed by atoms with Crippen LogP contribution in [0.25, 0.3) is 0 Å². The number of carbonyl (C=O) groups is 3. The number of carboxylic acids is 1. The Morgan fingerprint density at radius 1 is 1.00 bits per heavy atom. The lowest BCUT2D eigenvalue weighted by Crippen LogP contribution is -2.34. The third-order valence-electron chi connectivity index (χ3n) is 2.17. The Labute approximate surface area is 129 Å². The van der Waals surface area contributed by atoms with E-state index < -0.39 is 30.3 Å². The van der Waals surface area contributed by atoms with Crippen LogP contribution in [0.5, 0.6) is 0 Å². The summed E-state index contributed by atoms with van der Waals surface area (Å²) in [4.78, 5) is 29.9. The molecule has 0 saturated carbocycles. The van der Waals surface area contributed by atoms with E-state index in [4.69, 9.17) is 10.8 Å². The molecule has 0 unspecified atom stereocenters. The van der Waals surface area contributed by atoms with Gasteiger partial charge in [-0.3, -0.25) is 0 Å². The zero-order valence-corrected chi connectivity index (χ0v) is 11.7. The zero-order chi connectivity index (χ0) is 19.3. The number of hydrogen-bond donors (Lipinski definition) is 2. The second-order valence-electron chi connectivity index (χ2n) is 4.02. The first-order valence-electron chi connectivity index (χ1n) is 5.66. The number of carbonyl (C=O) groups excluding carboxylic acids is 2. The van der Waals surface area contributed by atoms with Gasteiger partial charge in [0.2, 0.25) is 0 Å². The zero-order valence-electron chi connectivity index (χ0n) is 11.7. The van der Waals surface area contributed by atoms with Gasteiger partial charge in [0.1, 0.15) is 0 Å². The molecule has 134 valence electrons. The van der Waals surface area contributed by atoms with Crippen molar-refractivity contribution in [1.29, 1.82) is 0 Å². The van der Waals surface area contributed by atoms with Crippen molar-refractivity contribution in [3.63, 3.8) is 0 Å². The Balaban J connectivity index is 0.000000446. The molecule has 0 aliphatic carbocycles. The smallest absolute Gasteiger partial charge is 0.478 e. The Morgan fingerprint density at radius 2 is 1.42 bits per heavy atom. The standard InChI is InChI=1S/C8H9NO2.C4F6O3/c1-5-3-2-4-6(9)7(5)8(10)11;5-3(6,7)1(11)13-2(12)4(8,9)10/h2-4H,9H2,1H3,(H,10,11);. The molecule has 1 aromatic carbocycles. The minimum Gasteiger partial charge on any atom is -0.478 e. The maximum Gasteiger partial charge on any atom is 0.491 e. The molecular formula is C12H9F6NO5. The number of nitrogen functional groups attached to an aromatic ring is 1. The quantitative estimate of drug-likeness (QED) is 0.344. The van der Waals surface area contributed by atoms with E-state index in [0.29, 0.717) is 11.3 Å². The van der Waals surface area contributed by atoms with Crippen molar-refractivity contribution in [3.8, 4) is 0 Å². The molecule has 0 fully saturated rings. The topological polar surface area (TPSA) is 107 Å². The molecular weight excluding hydrogens is 352 g/mol. The van der Waals surface area contributed by atoms with Crippen LogP contribution in [0.4, 0.5) is 32.0 Å². The number of benzene rings is 1. The summed E-state index contributed by atoms with van der Waals surface area (Å²) in [5.41, 5.74) is 6.65. The number of halogens is 6. The Bertz CT molecular complexity index is 594. The molecule has 3 N–H and O–H groups in total. The largest absolute Gasteiger partial charge is 0.491 e. The minimum atomic E-state index is -5.62. The predicted molar refractivity (Wildman–Crippen MR) is 65.8 cm³/mol. The maximum atomic E-state index is 11.2. The van der Waals surface area contributed by atoms with Crippen LogP contribution in [0, 0.1) is 6.92 Å². The fourth-order valence-corrected chi connectivity index (χ4v) is 1.18. The van der Waals surface area contributed by atoms with Gasteiger partial charge in [0.15, 0.2) is 0 Å². The second kappa shape index (κ2) is 7.66. The summed E-state index contributed by atoms with van der Waals surface area (Å²) in [6.07, 6.45) is -11.2. The first kappa shape index (κ1) is 21.2. The molecule has 0 radical (unpaired) electrons. The van der Waals surface area contributed by atoms with Crippen LogP contribution < -0.4 is 5.73 Å². The number of ether oxygens (including phenoxy) is 1. The number of alkyl halides is 6. The molecule has 1 aromatic rings. The number of carboxylic acid groups (broad SMARTS) is 1. The molecule has 0 atom stereocenters. The number of rotatable bonds is 1. The first-order chi connectivity index (χ1) is 10.7. The monoisotopic (exact) mass is 361 g/mol. The molecule has 1 rings (SSSR count). The maximum absolute atomic E-state index is 11.2. The number of aromatic carboxylic acids is 1. The van der Waals surface area contributed by atoms with Crippen molar-refractivity contribution >= 4 is 23.6 Å². The number of aryl methyl sites for hydroxylation is 1. The molecule has 0 saturated heterocycles. The summed E-state index contributed by atoms with van der Waals surface area (Å²) in [6.45, 7) is 1.72. The van der Waals surface area contributed by atoms with Crippen molar-refractivity contribution in [3.05, 3.63) is 29.3 Å². The van der Waals surface area contributed by atoms with Crippen LogP contribution in [0.15, 0.2) is 18.2 Å². The third kappa shape index (κ3) is 6.54. The van der Waals surface area contributed by atoms with Crippen LogP contribution in [0.3, 0.4) is 0 Å². The molecule has 0 heterocycles.